The fourth-order valence-corrected chi connectivity index (χ4v) is 4.27. The number of hydrogen-bond acceptors (Lipinski definition) is 5. The van der Waals surface area contributed by atoms with Crippen molar-refractivity contribution < 1.29 is 12.8 Å². The molecule has 0 saturated heterocycles. The first kappa shape index (κ1) is 19.1. The largest absolute Gasteiger partial charge is 0.399 e. The smallest absolute Gasteiger partial charge is 0.227 e. The molecule has 6 nitrogen and oxygen atoms in total. The summed E-state index contributed by atoms with van der Waals surface area (Å²) < 4.78 is 41.3. The van der Waals surface area contributed by atoms with E-state index in [-0.39, 0.29) is 15.6 Å². The SMILES string of the molecule is Nc1ccc(-n2nnc(S(=O)(=O)c3ccc(Cl)cc3)c2-c2ccc(F)cc2)cc1. The zero-order valence-corrected chi connectivity index (χ0v) is 16.4. The van der Waals surface area contributed by atoms with E-state index in [0.717, 1.165) is 0 Å². The predicted octanol–water partition coefficient (Wildman–Crippen LogP) is 4.14. The van der Waals surface area contributed by atoms with E-state index >= 15 is 0 Å². The van der Waals surface area contributed by atoms with Crippen LogP contribution in [0.25, 0.3) is 16.9 Å². The molecule has 4 aromatic rings. The van der Waals surface area contributed by atoms with Gasteiger partial charge in [-0.25, -0.2) is 17.5 Å². The van der Waals surface area contributed by atoms with E-state index in [1.807, 2.05) is 0 Å². The molecule has 146 valence electrons. The molecule has 0 unspecified atom stereocenters. The van der Waals surface area contributed by atoms with Gasteiger partial charge in [0.25, 0.3) is 0 Å². The monoisotopic (exact) mass is 428 g/mol. The third-order valence-electron chi connectivity index (χ3n) is 4.27. The van der Waals surface area contributed by atoms with Crippen LogP contribution in [0.4, 0.5) is 10.1 Å². The van der Waals surface area contributed by atoms with Gasteiger partial charge in [0.1, 0.15) is 11.5 Å². The van der Waals surface area contributed by atoms with Crippen molar-refractivity contribution in [2.75, 3.05) is 5.73 Å². The Kier molecular flexibility index (Phi) is 4.81. The minimum atomic E-state index is -4.01. The topological polar surface area (TPSA) is 90.9 Å². The van der Waals surface area contributed by atoms with Gasteiger partial charge >= 0.3 is 0 Å². The normalized spacial score (nSPS) is 11.5. The molecule has 0 amide bonds. The summed E-state index contributed by atoms with van der Waals surface area (Å²) in [5.41, 5.74) is 7.50. The molecular formula is C20H14ClFN4O2S. The molecule has 9 heteroatoms. The Bertz CT molecular complexity index is 1270. The van der Waals surface area contributed by atoms with Crippen LogP contribution in [-0.4, -0.2) is 23.4 Å². The molecule has 0 fully saturated rings. The number of sulfone groups is 1. The molecule has 4 rings (SSSR count). The van der Waals surface area contributed by atoms with Crippen molar-refractivity contribution >= 4 is 27.1 Å². The molecule has 0 spiro atoms. The highest BCUT2D eigenvalue weighted by Crippen LogP contribution is 2.32. The standard InChI is InChI=1S/C20H14ClFN4O2S/c21-14-3-11-18(12-4-14)29(27,28)20-19(13-1-5-15(22)6-2-13)26(25-24-20)17-9-7-16(23)8-10-17/h1-12H,23H2. The van der Waals surface area contributed by atoms with Crippen molar-refractivity contribution in [1.82, 2.24) is 15.0 Å². The van der Waals surface area contributed by atoms with Gasteiger partial charge in [-0.15, -0.1) is 5.10 Å². The second-order valence-corrected chi connectivity index (χ2v) is 8.51. The number of aromatic nitrogens is 3. The molecule has 0 aliphatic carbocycles. The summed E-state index contributed by atoms with van der Waals surface area (Å²) in [4.78, 5) is 0.0228. The zero-order chi connectivity index (χ0) is 20.6. The molecule has 1 heterocycles. The number of nitrogen functional groups attached to an aromatic ring is 1. The van der Waals surface area contributed by atoms with Crippen LogP contribution in [-0.2, 0) is 9.84 Å². The van der Waals surface area contributed by atoms with Crippen molar-refractivity contribution in [3.63, 3.8) is 0 Å². The Hall–Kier alpha value is -3.23. The molecule has 29 heavy (non-hydrogen) atoms. The highest BCUT2D eigenvalue weighted by molar-refractivity contribution is 7.91. The van der Waals surface area contributed by atoms with Gasteiger partial charge in [-0.1, -0.05) is 16.8 Å². The van der Waals surface area contributed by atoms with Crippen molar-refractivity contribution in [3.8, 4) is 16.9 Å². The van der Waals surface area contributed by atoms with E-state index in [4.69, 9.17) is 17.3 Å². The zero-order valence-electron chi connectivity index (χ0n) is 14.8. The molecule has 0 bridgehead atoms. The summed E-state index contributed by atoms with van der Waals surface area (Å²) in [6.45, 7) is 0. The number of benzene rings is 3. The maximum absolute atomic E-state index is 13.5. The van der Waals surface area contributed by atoms with Crippen LogP contribution in [0.15, 0.2) is 82.7 Å². The quantitative estimate of drug-likeness (QED) is 0.493. The Morgan fingerprint density at radius 1 is 0.897 bits per heavy atom. The summed E-state index contributed by atoms with van der Waals surface area (Å²) >= 11 is 5.87. The molecule has 0 saturated carbocycles. The van der Waals surface area contributed by atoms with Crippen LogP contribution in [0.5, 0.6) is 0 Å². The number of nitrogens with zero attached hydrogens (tertiary/aromatic N) is 3. The van der Waals surface area contributed by atoms with Gasteiger partial charge in [-0.2, -0.15) is 0 Å². The molecule has 0 radical (unpaired) electrons. The van der Waals surface area contributed by atoms with Crippen LogP contribution in [0.3, 0.4) is 0 Å². The van der Waals surface area contributed by atoms with E-state index in [2.05, 4.69) is 10.3 Å². The number of halogens is 2. The number of nitrogens with two attached hydrogens (primary N) is 1. The van der Waals surface area contributed by atoms with Gasteiger partial charge in [0, 0.05) is 16.3 Å². The minimum absolute atomic E-state index is 0.0228. The summed E-state index contributed by atoms with van der Waals surface area (Å²) in [5, 5.41) is 8.17. The van der Waals surface area contributed by atoms with Crippen LogP contribution in [0.2, 0.25) is 5.02 Å². The maximum atomic E-state index is 13.5. The highest BCUT2D eigenvalue weighted by Gasteiger charge is 2.29. The van der Waals surface area contributed by atoms with Gasteiger partial charge in [0.05, 0.1) is 10.6 Å². The Balaban J connectivity index is 1.96. The number of rotatable bonds is 4. The molecular weight excluding hydrogens is 415 g/mol. The summed E-state index contributed by atoms with van der Waals surface area (Å²) in [6.07, 6.45) is 0. The second-order valence-electron chi connectivity index (χ2n) is 6.21. The average molecular weight is 429 g/mol. The lowest BCUT2D eigenvalue weighted by atomic mass is 10.1. The first-order chi connectivity index (χ1) is 13.9. The maximum Gasteiger partial charge on any atom is 0.227 e. The summed E-state index contributed by atoms with van der Waals surface area (Å²) in [6, 6.07) is 17.9. The Morgan fingerprint density at radius 2 is 1.52 bits per heavy atom. The van der Waals surface area contributed by atoms with Gasteiger partial charge in [-0.3, -0.25) is 0 Å². The minimum Gasteiger partial charge on any atom is -0.399 e. The highest BCUT2D eigenvalue weighted by atomic mass is 35.5. The predicted molar refractivity (Wildman–Crippen MR) is 108 cm³/mol. The van der Waals surface area contributed by atoms with Crippen LogP contribution >= 0.6 is 11.6 Å². The lowest BCUT2D eigenvalue weighted by molar-refractivity contribution is 0.592. The van der Waals surface area contributed by atoms with Gasteiger partial charge < -0.3 is 5.73 Å². The van der Waals surface area contributed by atoms with Crippen molar-refractivity contribution in [3.05, 3.63) is 83.6 Å². The second kappa shape index (κ2) is 7.31. The number of hydrogen-bond donors (Lipinski definition) is 1. The third kappa shape index (κ3) is 3.59. The van der Waals surface area contributed by atoms with E-state index in [0.29, 0.717) is 22.0 Å². The first-order valence-corrected chi connectivity index (χ1v) is 10.3. The van der Waals surface area contributed by atoms with E-state index in [1.54, 1.807) is 24.3 Å². The van der Waals surface area contributed by atoms with Gasteiger partial charge in [0.2, 0.25) is 14.9 Å². The molecule has 0 aliphatic heterocycles. The van der Waals surface area contributed by atoms with E-state index < -0.39 is 15.7 Å². The summed E-state index contributed by atoms with van der Waals surface area (Å²) in [5.74, 6) is -0.442. The van der Waals surface area contributed by atoms with Crippen molar-refractivity contribution in [2.45, 2.75) is 9.92 Å². The summed E-state index contributed by atoms with van der Waals surface area (Å²) in [7, 11) is -4.01. The van der Waals surface area contributed by atoms with Gasteiger partial charge in [0.15, 0.2) is 0 Å². The lowest BCUT2D eigenvalue weighted by Crippen LogP contribution is -2.06. The van der Waals surface area contributed by atoms with E-state index in [9.17, 15) is 12.8 Å². The molecule has 1 aromatic heterocycles. The molecule has 0 atom stereocenters. The van der Waals surface area contributed by atoms with Crippen molar-refractivity contribution in [2.24, 2.45) is 0 Å². The molecule has 3 aromatic carbocycles. The Morgan fingerprint density at radius 3 is 2.14 bits per heavy atom. The fraction of sp³-hybridized carbons (Fsp3) is 0. The first-order valence-electron chi connectivity index (χ1n) is 8.44. The fourth-order valence-electron chi connectivity index (χ4n) is 2.82. The average Bonchev–Trinajstić information content (AvgIpc) is 3.15. The van der Waals surface area contributed by atoms with Crippen molar-refractivity contribution in [1.29, 1.82) is 0 Å². The van der Waals surface area contributed by atoms with Crippen LogP contribution < -0.4 is 5.73 Å². The van der Waals surface area contributed by atoms with E-state index in [1.165, 1.54) is 53.2 Å². The van der Waals surface area contributed by atoms with Crippen LogP contribution in [0.1, 0.15) is 0 Å². The number of anilines is 1. The lowest BCUT2D eigenvalue weighted by Gasteiger charge is -2.09. The third-order valence-corrected chi connectivity index (χ3v) is 6.20. The van der Waals surface area contributed by atoms with Gasteiger partial charge in [-0.05, 0) is 72.8 Å². The molecule has 2 N–H and O–H groups in total. The molecule has 0 aliphatic rings. The van der Waals surface area contributed by atoms with Crippen LogP contribution in [0, 0.1) is 5.82 Å². The Labute approximate surface area is 171 Å².